The lowest BCUT2D eigenvalue weighted by molar-refractivity contribution is 0.556. The van der Waals surface area contributed by atoms with E-state index in [4.69, 9.17) is 0 Å². The van der Waals surface area contributed by atoms with Crippen LogP contribution in [0, 0.1) is 0 Å². The van der Waals surface area contributed by atoms with Gasteiger partial charge in [0.1, 0.15) is 11.0 Å². The van der Waals surface area contributed by atoms with Gasteiger partial charge in [-0.3, -0.25) is 0 Å². The van der Waals surface area contributed by atoms with Crippen molar-refractivity contribution in [2.45, 2.75) is 19.5 Å². The minimum atomic E-state index is 0.166. The first kappa shape index (κ1) is 15.0. The molecule has 1 unspecified atom stereocenters. The monoisotopic (exact) mass is 335 g/mol. The van der Waals surface area contributed by atoms with Crippen LogP contribution in [0.3, 0.4) is 0 Å². The third kappa shape index (κ3) is 3.06. The molecular formula is C18H17N5S. The number of para-hydroxylation sites is 1. The smallest absolute Gasteiger partial charge is 0.105 e. The maximum absolute atomic E-state index is 4.67. The number of fused-ring (bicyclic) bond motifs is 1. The van der Waals surface area contributed by atoms with Gasteiger partial charge in [-0.05, 0) is 42.8 Å². The highest BCUT2D eigenvalue weighted by molar-refractivity contribution is 7.00. The Labute approximate surface area is 144 Å². The van der Waals surface area contributed by atoms with Gasteiger partial charge in [0.05, 0.1) is 23.1 Å². The van der Waals surface area contributed by atoms with Gasteiger partial charge in [0.15, 0.2) is 0 Å². The van der Waals surface area contributed by atoms with Crippen molar-refractivity contribution in [3.05, 3.63) is 72.1 Å². The van der Waals surface area contributed by atoms with Gasteiger partial charge in [0.25, 0.3) is 0 Å². The van der Waals surface area contributed by atoms with Gasteiger partial charge >= 0.3 is 0 Å². The predicted octanol–water partition coefficient (Wildman–Crippen LogP) is 3.73. The molecule has 0 aliphatic carbocycles. The van der Waals surface area contributed by atoms with Crippen LogP contribution in [0.25, 0.3) is 16.7 Å². The van der Waals surface area contributed by atoms with Crippen LogP contribution in [-0.2, 0) is 6.54 Å². The second-order valence-electron chi connectivity index (χ2n) is 5.71. The molecule has 0 amide bonds. The van der Waals surface area contributed by atoms with Crippen molar-refractivity contribution < 1.29 is 0 Å². The molecule has 24 heavy (non-hydrogen) atoms. The number of hydrogen-bond acceptors (Lipinski definition) is 5. The average molecular weight is 335 g/mol. The van der Waals surface area contributed by atoms with Crippen molar-refractivity contribution >= 4 is 22.8 Å². The third-order valence-corrected chi connectivity index (χ3v) is 4.56. The van der Waals surface area contributed by atoms with Gasteiger partial charge in [-0.25, -0.2) is 4.68 Å². The molecule has 1 atom stereocenters. The standard InChI is InChI=1S/C18H17N5S/c1-13(16-9-10-23(20-16)15-5-3-2-4-6-15)19-12-14-7-8-17-18(11-14)22-24-21-17/h2-11,13,19H,12H2,1H3. The first-order chi connectivity index (χ1) is 11.8. The molecule has 0 bridgehead atoms. The van der Waals surface area contributed by atoms with Crippen LogP contribution in [0.2, 0.25) is 0 Å². The Morgan fingerprint density at radius 3 is 2.75 bits per heavy atom. The lowest BCUT2D eigenvalue weighted by atomic mass is 10.1. The topological polar surface area (TPSA) is 55.6 Å². The van der Waals surface area contributed by atoms with E-state index in [1.807, 2.05) is 47.3 Å². The van der Waals surface area contributed by atoms with Crippen LogP contribution in [0.5, 0.6) is 0 Å². The normalized spacial score (nSPS) is 12.5. The first-order valence-electron chi connectivity index (χ1n) is 7.85. The maximum atomic E-state index is 4.67. The molecule has 2 heterocycles. The highest BCUT2D eigenvalue weighted by Gasteiger charge is 2.09. The minimum Gasteiger partial charge on any atom is -0.305 e. The summed E-state index contributed by atoms with van der Waals surface area (Å²) in [6, 6.07) is 18.5. The summed E-state index contributed by atoms with van der Waals surface area (Å²) in [6.07, 6.45) is 2.00. The minimum absolute atomic E-state index is 0.166. The highest BCUT2D eigenvalue weighted by atomic mass is 32.1. The fourth-order valence-corrected chi connectivity index (χ4v) is 3.12. The Hall–Kier alpha value is -2.57. The highest BCUT2D eigenvalue weighted by Crippen LogP contribution is 2.16. The van der Waals surface area contributed by atoms with Crippen molar-refractivity contribution in [3.8, 4) is 5.69 Å². The van der Waals surface area contributed by atoms with Crippen LogP contribution >= 0.6 is 11.7 Å². The van der Waals surface area contributed by atoms with Crippen molar-refractivity contribution in [1.82, 2.24) is 23.8 Å². The fraction of sp³-hybridized carbons (Fsp3) is 0.167. The molecule has 0 saturated carbocycles. The molecule has 0 aliphatic rings. The van der Waals surface area contributed by atoms with Gasteiger partial charge in [0, 0.05) is 18.8 Å². The molecule has 0 fully saturated rings. The number of hydrogen-bond donors (Lipinski definition) is 1. The molecule has 2 aromatic carbocycles. The van der Waals surface area contributed by atoms with E-state index >= 15 is 0 Å². The van der Waals surface area contributed by atoms with Gasteiger partial charge in [-0.15, -0.1) is 0 Å². The number of nitrogens with zero attached hydrogens (tertiary/aromatic N) is 4. The molecular weight excluding hydrogens is 318 g/mol. The molecule has 0 spiro atoms. The Morgan fingerprint density at radius 1 is 1.04 bits per heavy atom. The molecule has 0 radical (unpaired) electrons. The van der Waals surface area contributed by atoms with E-state index in [0.29, 0.717) is 0 Å². The zero-order valence-corrected chi connectivity index (χ0v) is 14.1. The van der Waals surface area contributed by atoms with Crippen LogP contribution < -0.4 is 5.32 Å². The largest absolute Gasteiger partial charge is 0.305 e. The molecule has 2 aromatic heterocycles. The number of nitrogens with one attached hydrogen (secondary N) is 1. The van der Waals surface area contributed by atoms with Crippen LogP contribution in [0.4, 0.5) is 0 Å². The van der Waals surface area contributed by atoms with E-state index in [0.717, 1.165) is 29.0 Å². The van der Waals surface area contributed by atoms with Gasteiger partial charge in [0.2, 0.25) is 0 Å². The lowest BCUT2D eigenvalue weighted by Crippen LogP contribution is -2.18. The molecule has 4 aromatic rings. The maximum Gasteiger partial charge on any atom is 0.105 e. The van der Waals surface area contributed by atoms with Gasteiger partial charge in [-0.1, -0.05) is 24.3 Å². The molecule has 4 rings (SSSR count). The molecule has 5 nitrogen and oxygen atoms in total. The second kappa shape index (κ2) is 6.51. The molecule has 0 aliphatic heterocycles. The number of aromatic nitrogens is 4. The average Bonchev–Trinajstić information content (AvgIpc) is 3.29. The summed E-state index contributed by atoms with van der Waals surface area (Å²) in [4.78, 5) is 0. The molecule has 6 heteroatoms. The summed E-state index contributed by atoms with van der Waals surface area (Å²) in [6.45, 7) is 2.90. The van der Waals surface area contributed by atoms with E-state index in [2.05, 4.69) is 44.3 Å². The SMILES string of the molecule is CC(NCc1ccc2nsnc2c1)c1ccn(-c2ccccc2)n1. The fourth-order valence-electron chi connectivity index (χ4n) is 2.61. The van der Waals surface area contributed by atoms with E-state index in [1.54, 1.807) is 0 Å². The number of benzene rings is 2. The molecule has 1 N–H and O–H groups in total. The summed E-state index contributed by atoms with van der Waals surface area (Å²) < 4.78 is 10.4. The molecule has 120 valence electrons. The quantitative estimate of drug-likeness (QED) is 0.604. The van der Waals surface area contributed by atoms with Gasteiger partial charge in [-0.2, -0.15) is 13.8 Å². The lowest BCUT2D eigenvalue weighted by Gasteiger charge is -2.11. The Kier molecular flexibility index (Phi) is 4.06. The zero-order valence-electron chi connectivity index (χ0n) is 13.3. The van der Waals surface area contributed by atoms with Crippen LogP contribution in [-0.4, -0.2) is 18.5 Å². The Bertz CT molecular complexity index is 944. The number of rotatable bonds is 5. The van der Waals surface area contributed by atoms with Crippen molar-refractivity contribution in [3.63, 3.8) is 0 Å². The molecule has 0 saturated heterocycles. The Morgan fingerprint density at radius 2 is 1.88 bits per heavy atom. The summed E-state index contributed by atoms with van der Waals surface area (Å²) >= 11 is 1.25. The summed E-state index contributed by atoms with van der Waals surface area (Å²) in [5.41, 5.74) is 5.20. The Balaban J connectivity index is 1.44. The van der Waals surface area contributed by atoms with E-state index in [9.17, 15) is 0 Å². The van der Waals surface area contributed by atoms with E-state index < -0.39 is 0 Å². The van der Waals surface area contributed by atoms with E-state index in [-0.39, 0.29) is 6.04 Å². The first-order valence-corrected chi connectivity index (χ1v) is 8.58. The summed E-state index contributed by atoms with van der Waals surface area (Å²) in [5.74, 6) is 0. The summed E-state index contributed by atoms with van der Waals surface area (Å²) in [5, 5.41) is 8.18. The summed E-state index contributed by atoms with van der Waals surface area (Å²) in [7, 11) is 0. The second-order valence-corrected chi connectivity index (χ2v) is 6.24. The zero-order chi connectivity index (χ0) is 16.4. The van der Waals surface area contributed by atoms with Crippen molar-refractivity contribution in [2.75, 3.05) is 0 Å². The van der Waals surface area contributed by atoms with Crippen LogP contribution in [0.1, 0.15) is 24.2 Å². The predicted molar refractivity (Wildman–Crippen MR) is 96.2 cm³/mol. The van der Waals surface area contributed by atoms with Crippen LogP contribution in [0.15, 0.2) is 60.8 Å². The van der Waals surface area contributed by atoms with Gasteiger partial charge < -0.3 is 5.32 Å². The van der Waals surface area contributed by atoms with Crippen molar-refractivity contribution in [1.29, 1.82) is 0 Å². The van der Waals surface area contributed by atoms with Crippen molar-refractivity contribution in [2.24, 2.45) is 0 Å². The third-order valence-electron chi connectivity index (χ3n) is 4.00. The van der Waals surface area contributed by atoms with E-state index in [1.165, 1.54) is 17.3 Å².